The van der Waals surface area contributed by atoms with Crippen LogP contribution in [0.25, 0.3) is 10.9 Å². The lowest BCUT2D eigenvalue weighted by Gasteiger charge is -2.44. The zero-order valence-corrected chi connectivity index (χ0v) is 20.5. The molecule has 1 N–H and O–H groups in total. The number of hydrogen-bond donors (Lipinski definition) is 1. The number of carbonyl (C=O) groups is 5. The predicted octanol–water partition coefficient (Wildman–Crippen LogP) is 1.34. The van der Waals surface area contributed by atoms with Gasteiger partial charge in [0.15, 0.2) is 12.2 Å². The van der Waals surface area contributed by atoms with E-state index in [-0.39, 0.29) is 18.3 Å². The van der Waals surface area contributed by atoms with E-state index >= 15 is 0 Å². The van der Waals surface area contributed by atoms with Crippen LogP contribution in [-0.2, 0) is 38.1 Å². The summed E-state index contributed by atoms with van der Waals surface area (Å²) in [5.74, 6) is -2.55. The summed E-state index contributed by atoms with van der Waals surface area (Å²) < 4.78 is 29.5. The summed E-state index contributed by atoms with van der Waals surface area (Å²) in [6, 6.07) is 5.86. The van der Waals surface area contributed by atoms with E-state index in [4.69, 9.17) is 23.7 Å². The Morgan fingerprint density at radius 3 is 2.14 bits per heavy atom. The van der Waals surface area contributed by atoms with E-state index in [1.807, 2.05) is 0 Å². The molecule has 36 heavy (non-hydrogen) atoms. The molecule has 0 radical (unpaired) electrons. The normalized spacial score (nSPS) is 23.4. The highest BCUT2D eigenvalue weighted by Crippen LogP contribution is 2.33. The van der Waals surface area contributed by atoms with Gasteiger partial charge >= 0.3 is 17.9 Å². The first-order valence-electron chi connectivity index (χ1n) is 11.2. The number of ether oxygens (including phenoxy) is 5. The zero-order chi connectivity index (χ0) is 26.6. The smallest absolute Gasteiger partial charge is 0.303 e. The third-order valence-electron chi connectivity index (χ3n) is 5.33. The molecule has 5 atom stereocenters. The maximum Gasteiger partial charge on any atom is 0.303 e. The van der Waals surface area contributed by atoms with Crippen molar-refractivity contribution in [3.05, 3.63) is 30.5 Å². The second-order valence-electron chi connectivity index (χ2n) is 8.24. The van der Waals surface area contributed by atoms with Crippen LogP contribution in [0.3, 0.4) is 0 Å². The lowest BCUT2D eigenvalue weighted by Crippen LogP contribution is -2.67. The lowest BCUT2D eigenvalue weighted by molar-refractivity contribution is -0.256. The first kappa shape index (κ1) is 26.7. The molecular formula is C24H28N2O10. The van der Waals surface area contributed by atoms with Crippen molar-refractivity contribution in [2.75, 3.05) is 6.61 Å². The van der Waals surface area contributed by atoms with Crippen molar-refractivity contribution in [2.24, 2.45) is 0 Å². The fourth-order valence-electron chi connectivity index (χ4n) is 4.02. The van der Waals surface area contributed by atoms with Crippen LogP contribution in [0, 0.1) is 0 Å². The maximum absolute atomic E-state index is 12.2. The van der Waals surface area contributed by atoms with E-state index in [0.29, 0.717) is 10.9 Å². The average molecular weight is 504 g/mol. The van der Waals surface area contributed by atoms with Gasteiger partial charge in [-0.2, -0.15) is 0 Å². The monoisotopic (exact) mass is 504 g/mol. The fourth-order valence-corrected chi connectivity index (χ4v) is 4.02. The van der Waals surface area contributed by atoms with Crippen LogP contribution in [0.1, 0.15) is 39.4 Å². The molecule has 2 aromatic rings. The van der Waals surface area contributed by atoms with Gasteiger partial charge in [0.25, 0.3) is 0 Å². The highest BCUT2D eigenvalue weighted by atomic mass is 16.7. The molecule has 1 amide bonds. The fraction of sp³-hybridized carbons (Fsp3) is 0.458. The second-order valence-corrected chi connectivity index (χ2v) is 8.24. The Kier molecular flexibility index (Phi) is 8.30. The molecule has 2 heterocycles. The Morgan fingerprint density at radius 2 is 1.56 bits per heavy atom. The van der Waals surface area contributed by atoms with E-state index in [1.165, 1.54) is 31.5 Å². The summed E-state index contributed by atoms with van der Waals surface area (Å²) in [7, 11) is 0. The minimum atomic E-state index is -1.29. The van der Waals surface area contributed by atoms with E-state index in [2.05, 4.69) is 5.32 Å². The summed E-state index contributed by atoms with van der Waals surface area (Å²) >= 11 is 0. The molecule has 1 aromatic heterocycles. The zero-order valence-electron chi connectivity index (χ0n) is 20.5. The van der Waals surface area contributed by atoms with Crippen LogP contribution in [0.5, 0.6) is 5.75 Å². The van der Waals surface area contributed by atoms with Gasteiger partial charge in [0, 0.05) is 40.0 Å². The van der Waals surface area contributed by atoms with Gasteiger partial charge in [-0.25, -0.2) is 0 Å². The molecule has 0 bridgehead atoms. The van der Waals surface area contributed by atoms with Crippen molar-refractivity contribution in [3.8, 4) is 5.75 Å². The summed E-state index contributed by atoms with van der Waals surface area (Å²) in [6.07, 6.45) is -3.42. The quantitative estimate of drug-likeness (QED) is 0.432. The molecule has 3 rings (SSSR count). The number of amides is 1. The van der Waals surface area contributed by atoms with Crippen LogP contribution in [0.15, 0.2) is 30.5 Å². The van der Waals surface area contributed by atoms with Gasteiger partial charge in [-0.1, -0.05) is 12.1 Å². The van der Waals surface area contributed by atoms with Gasteiger partial charge < -0.3 is 29.0 Å². The largest absolute Gasteiger partial charge is 0.463 e. The number of fused-ring (bicyclic) bond motifs is 1. The summed E-state index contributed by atoms with van der Waals surface area (Å²) in [5.41, 5.74) is 0.581. The number of esters is 3. The molecule has 194 valence electrons. The van der Waals surface area contributed by atoms with Crippen LogP contribution >= 0.6 is 0 Å². The topological polar surface area (TPSA) is 148 Å². The van der Waals surface area contributed by atoms with Gasteiger partial charge in [0.2, 0.25) is 18.1 Å². The number of aromatic nitrogens is 1. The number of nitrogens with one attached hydrogen (secondary N) is 1. The van der Waals surface area contributed by atoms with Gasteiger partial charge in [0.05, 0.1) is 11.7 Å². The maximum atomic E-state index is 12.2. The van der Waals surface area contributed by atoms with Gasteiger partial charge in [0.1, 0.15) is 24.5 Å². The van der Waals surface area contributed by atoms with Gasteiger partial charge in [-0.15, -0.1) is 0 Å². The van der Waals surface area contributed by atoms with Crippen molar-refractivity contribution in [1.29, 1.82) is 0 Å². The van der Waals surface area contributed by atoms with Crippen molar-refractivity contribution in [2.45, 2.75) is 65.3 Å². The van der Waals surface area contributed by atoms with Crippen molar-refractivity contribution in [3.63, 3.8) is 0 Å². The van der Waals surface area contributed by atoms with E-state index in [9.17, 15) is 24.0 Å². The Labute approximate surface area is 206 Å². The second kappa shape index (κ2) is 11.2. The SMILES string of the molecule is CC(=O)NC1[C@H](Oc2cn(C(C)=O)c3ccccc23)OC(COC(C)=O)[C@@H](OC(C)=O)[C@@H]1OC(C)=O. The Balaban J connectivity index is 2.07. The lowest BCUT2D eigenvalue weighted by atomic mass is 9.96. The van der Waals surface area contributed by atoms with E-state index in [1.54, 1.807) is 24.3 Å². The van der Waals surface area contributed by atoms with Crippen molar-refractivity contribution in [1.82, 2.24) is 9.88 Å². The number of nitrogens with zero attached hydrogens (tertiary/aromatic N) is 1. The summed E-state index contributed by atoms with van der Waals surface area (Å²) in [6.45, 7) is 5.78. The van der Waals surface area contributed by atoms with Crippen LogP contribution < -0.4 is 10.1 Å². The Hall–Kier alpha value is -3.93. The van der Waals surface area contributed by atoms with Crippen LogP contribution in [0.4, 0.5) is 0 Å². The molecule has 12 heteroatoms. The van der Waals surface area contributed by atoms with Crippen molar-refractivity contribution >= 4 is 40.6 Å². The van der Waals surface area contributed by atoms with Crippen LogP contribution in [-0.4, -0.2) is 71.5 Å². The highest BCUT2D eigenvalue weighted by molar-refractivity contribution is 5.95. The molecule has 0 saturated carbocycles. The minimum absolute atomic E-state index is 0.250. The predicted molar refractivity (Wildman–Crippen MR) is 123 cm³/mol. The number of hydrogen-bond acceptors (Lipinski definition) is 10. The molecular weight excluding hydrogens is 476 g/mol. The molecule has 0 aliphatic carbocycles. The molecule has 1 fully saturated rings. The molecule has 1 aliphatic rings. The first-order valence-corrected chi connectivity index (χ1v) is 11.2. The molecule has 1 aromatic carbocycles. The van der Waals surface area contributed by atoms with Gasteiger partial charge in [-0.05, 0) is 12.1 Å². The third-order valence-corrected chi connectivity index (χ3v) is 5.33. The van der Waals surface area contributed by atoms with Gasteiger partial charge in [-0.3, -0.25) is 28.5 Å². The standard InChI is InChI=1S/C24H28N2O10/c1-12(27)25-21-23(34-16(5)31)22(33-15(4)30)20(11-32-14(3)29)36-24(21)35-19-10-26(13(2)28)18-9-7-6-8-17(18)19/h6-10,20-24H,11H2,1-5H3,(H,25,27)/t20?,21?,22-,23-,24-/m1/s1. The van der Waals surface area contributed by atoms with E-state index in [0.717, 1.165) is 13.8 Å². The summed E-state index contributed by atoms with van der Waals surface area (Å²) in [4.78, 5) is 59.6. The molecule has 12 nitrogen and oxygen atoms in total. The van der Waals surface area contributed by atoms with Crippen LogP contribution in [0.2, 0.25) is 0 Å². The third kappa shape index (κ3) is 6.19. The number of benzene rings is 1. The first-order chi connectivity index (χ1) is 17.0. The number of rotatable bonds is 7. The summed E-state index contributed by atoms with van der Waals surface area (Å²) in [5, 5.41) is 3.22. The van der Waals surface area contributed by atoms with E-state index < -0.39 is 54.5 Å². The minimum Gasteiger partial charge on any atom is -0.463 e. The Bertz CT molecular complexity index is 1170. The molecule has 1 saturated heterocycles. The average Bonchev–Trinajstić information content (AvgIpc) is 3.14. The Morgan fingerprint density at radius 1 is 0.917 bits per heavy atom. The van der Waals surface area contributed by atoms with Crippen molar-refractivity contribution < 1.29 is 47.7 Å². The number of para-hydroxylation sites is 1. The molecule has 2 unspecified atom stereocenters. The molecule has 1 aliphatic heterocycles. The molecule has 0 spiro atoms. The number of carbonyl (C=O) groups excluding carboxylic acids is 5. The highest BCUT2D eigenvalue weighted by Gasteiger charge is 2.52.